The molecule has 96 heavy (non-hydrogen) atoms. The summed E-state index contributed by atoms with van der Waals surface area (Å²) in [6.07, 6.45) is 7.30. The van der Waals surface area contributed by atoms with Gasteiger partial charge in [-0.05, 0) is 137 Å². The average Bonchev–Trinajstić information content (AvgIpc) is 1.61. The third-order valence-electron chi connectivity index (χ3n) is 14.3. The Morgan fingerprint density at radius 3 is 1.31 bits per heavy atom. The Morgan fingerprint density at radius 1 is 0.438 bits per heavy atom. The first kappa shape index (κ1) is 75.8. The quantitative estimate of drug-likeness (QED) is 0.0827. The number of rotatable bonds is 8. The minimum Gasteiger partial charge on any atom is -0.741 e. The summed E-state index contributed by atoms with van der Waals surface area (Å²) in [6, 6.07) is 81.0. The maximum Gasteiger partial charge on any atom is 0.485 e. The van der Waals surface area contributed by atoms with Gasteiger partial charge in [0, 0.05) is 112 Å². The minimum atomic E-state index is -6.09. The third-order valence-corrected chi connectivity index (χ3v) is 14.9. The van der Waals surface area contributed by atoms with Crippen LogP contribution in [0.25, 0.3) is 111 Å². The fourth-order valence-electron chi connectivity index (χ4n) is 9.69. The Kier molecular flexibility index (Phi) is 28.4. The molecule has 2 N–H and O–H groups in total. The standard InChI is InChI=1S/C26H22N2O.C26H21N2O.2C11H8N.CHF3O3S.2CH4O.2Ir/c2*1-16(2)18-6-4-7-19(14-18)20-12-13-27-24(15-20)23-9-5-8-21-22-11-10-17(3)28-26(22)29-25(21)23;2*1-2-6-10(7-3-1)11-8-4-5-9-12-11;2-1(3,4)8(5,6)7;2*1-2;;/h4-16H,1-3H3;4-8,10-16H,1-3H3;2*1-6,8-9H;(H,5,6,7);2*2H,1H3;;/q;3*-1;;;;;/p-1. The van der Waals surface area contributed by atoms with Crippen LogP contribution in [-0.2, 0) is 50.3 Å². The first-order valence-corrected chi connectivity index (χ1v) is 31.1. The van der Waals surface area contributed by atoms with Crippen molar-refractivity contribution < 1.29 is 85.4 Å². The third kappa shape index (κ3) is 19.7. The zero-order valence-corrected chi connectivity index (χ0v) is 59.1. The van der Waals surface area contributed by atoms with Crippen molar-refractivity contribution in [2.75, 3.05) is 14.2 Å². The normalized spacial score (nSPS) is 10.7. The number of aliphatic hydroxyl groups excluding tert-OH is 2. The van der Waals surface area contributed by atoms with Crippen molar-refractivity contribution in [2.24, 2.45) is 0 Å². The van der Waals surface area contributed by atoms with Crippen molar-refractivity contribution >= 4 is 54.3 Å². The van der Waals surface area contributed by atoms with Gasteiger partial charge in [-0.3, -0.25) is 4.98 Å². The number of pyridine rings is 6. The number of fused-ring (bicyclic) bond motifs is 6. The van der Waals surface area contributed by atoms with E-state index in [1.165, 1.54) is 22.3 Å². The zero-order valence-electron chi connectivity index (χ0n) is 53.5. The molecule has 8 aromatic heterocycles. The van der Waals surface area contributed by atoms with Crippen LogP contribution in [0.15, 0.2) is 246 Å². The van der Waals surface area contributed by atoms with Crippen LogP contribution in [-0.4, -0.2) is 72.8 Å². The Balaban J connectivity index is 0.000000201. The Hall–Kier alpha value is -9.26. The summed E-state index contributed by atoms with van der Waals surface area (Å²) in [7, 11) is -4.09. The van der Waals surface area contributed by atoms with Crippen molar-refractivity contribution in [3.05, 3.63) is 278 Å². The van der Waals surface area contributed by atoms with Crippen molar-refractivity contribution in [2.45, 2.75) is 58.9 Å². The predicted octanol–water partition coefficient (Wildman–Crippen LogP) is 18.4. The summed E-state index contributed by atoms with van der Waals surface area (Å²) < 4.78 is 71.2. The number of para-hydroxylation sites is 1. The van der Waals surface area contributed by atoms with Crippen molar-refractivity contribution in [3.63, 3.8) is 0 Å². The van der Waals surface area contributed by atoms with E-state index >= 15 is 0 Å². The average molecular weight is 1660 g/mol. The number of aromatic nitrogens is 6. The van der Waals surface area contributed by atoms with E-state index in [1.54, 1.807) is 12.4 Å². The molecule has 0 aliphatic rings. The molecule has 0 unspecified atom stereocenters. The molecule has 14 rings (SSSR count). The molecular formula is C77H67F3Ir2N6O7S-4. The van der Waals surface area contributed by atoms with E-state index in [0.29, 0.717) is 23.3 Å². The van der Waals surface area contributed by atoms with Gasteiger partial charge < -0.3 is 38.6 Å². The van der Waals surface area contributed by atoms with Crippen LogP contribution in [0.1, 0.15) is 62.0 Å². The molecular weight excluding hydrogens is 1590 g/mol. The van der Waals surface area contributed by atoms with Gasteiger partial charge in [0.05, 0.1) is 11.3 Å². The van der Waals surface area contributed by atoms with E-state index in [-0.39, 0.29) is 40.2 Å². The van der Waals surface area contributed by atoms with Gasteiger partial charge in [-0.25, -0.2) is 18.4 Å². The van der Waals surface area contributed by atoms with Gasteiger partial charge in [0.1, 0.15) is 5.58 Å². The van der Waals surface area contributed by atoms with Gasteiger partial charge in [-0.1, -0.05) is 130 Å². The summed E-state index contributed by atoms with van der Waals surface area (Å²) in [5.74, 6) is 0.987. The summed E-state index contributed by atoms with van der Waals surface area (Å²) in [5.41, 5.74) is 14.1. The monoisotopic (exact) mass is 1660 g/mol. The summed E-state index contributed by atoms with van der Waals surface area (Å²) in [4.78, 5) is 26.8. The second-order valence-corrected chi connectivity index (χ2v) is 22.8. The van der Waals surface area contributed by atoms with Crippen LogP contribution in [0.5, 0.6) is 0 Å². The van der Waals surface area contributed by atoms with E-state index in [2.05, 4.69) is 173 Å². The second-order valence-electron chi connectivity index (χ2n) is 21.4. The van der Waals surface area contributed by atoms with Gasteiger partial charge in [-0.15, -0.1) is 90.0 Å². The zero-order chi connectivity index (χ0) is 67.4. The van der Waals surface area contributed by atoms with Crippen LogP contribution >= 0.6 is 0 Å². The fraction of sp³-hybridized carbons (Fsp3) is 0.143. The van der Waals surface area contributed by atoms with E-state index in [0.717, 1.165) is 114 Å². The number of furan rings is 2. The number of hydrogen-bond acceptors (Lipinski definition) is 13. The predicted molar refractivity (Wildman–Crippen MR) is 366 cm³/mol. The molecule has 19 heteroatoms. The first-order chi connectivity index (χ1) is 45.4. The van der Waals surface area contributed by atoms with Crippen LogP contribution in [0.3, 0.4) is 0 Å². The molecule has 0 aliphatic carbocycles. The van der Waals surface area contributed by atoms with Gasteiger partial charge >= 0.3 is 5.51 Å². The van der Waals surface area contributed by atoms with E-state index in [1.807, 2.05) is 142 Å². The van der Waals surface area contributed by atoms with Crippen molar-refractivity contribution in [3.8, 4) is 67.3 Å². The molecule has 13 nitrogen and oxygen atoms in total. The number of alkyl halides is 3. The largest absolute Gasteiger partial charge is 0.741 e. The maximum atomic E-state index is 10.7. The maximum absolute atomic E-state index is 10.7. The first-order valence-electron chi connectivity index (χ1n) is 29.7. The molecule has 0 saturated carbocycles. The molecule has 0 atom stereocenters. The molecule has 0 aliphatic heterocycles. The smallest absolute Gasteiger partial charge is 0.485 e. The summed E-state index contributed by atoms with van der Waals surface area (Å²) >= 11 is 0. The van der Waals surface area contributed by atoms with Crippen LogP contribution in [0.4, 0.5) is 13.2 Å². The molecule has 8 heterocycles. The van der Waals surface area contributed by atoms with Gasteiger partial charge in [0.15, 0.2) is 10.1 Å². The van der Waals surface area contributed by atoms with Crippen LogP contribution in [0.2, 0.25) is 0 Å². The van der Waals surface area contributed by atoms with Crippen molar-refractivity contribution in [1.82, 2.24) is 29.9 Å². The number of hydrogen-bond donors (Lipinski definition) is 2. The Bertz CT molecular complexity index is 4490. The molecule has 0 amide bonds. The fourth-order valence-corrected chi connectivity index (χ4v) is 9.69. The van der Waals surface area contributed by atoms with Crippen LogP contribution < -0.4 is 0 Å². The summed E-state index contributed by atoms with van der Waals surface area (Å²) in [5, 5.41) is 18.2. The number of benzene rings is 6. The Morgan fingerprint density at radius 2 is 0.865 bits per heavy atom. The second kappa shape index (κ2) is 36.0. The van der Waals surface area contributed by atoms with E-state index in [9.17, 15) is 13.2 Å². The number of aliphatic hydroxyl groups is 2. The topological polar surface area (TPSA) is 201 Å². The van der Waals surface area contributed by atoms with E-state index < -0.39 is 15.6 Å². The molecule has 0 spiro atoms. The molecule has 0 saturated heterocycles. The molecule has 496 valence electrons. The van der Waals surface area contributed by atoms with Gasteiger partial charge in [0.2, 0.25) is 11.4 Å². The van der Waals surface area contributed by atoms with Crippen LogP contribution in [0, 0.1) is 32.0 Å². The molecule has 0 bridgehead atoms. The molecule has 2 radical (unpaired) electrons. The molecule has 6 aromatic carbocycles. The van der Waals surface area contributed by atoms with Gasteiger partial charge in [-0.2, -0.15) is 13.2 Å². The number of aryl methyl sites for hydroxylation is 2. The summed E-state index contributed by atoms with van der Waals surface area (Å²) in [6.45, 7) is 12.8. The number of nitrogens with zero attached hydrogens (tertiary/aromatic N) is 6. The van der Waals surface area contributed by atoms with Crippen molar-refractivity contribution in [1.29, 1.82) is 0 Å². The van der Waals surface area contributed by atoms with Gasteiger partial charge in [0.25, 0.3) is 0 Å². The molecule has 0 fully saturated rings. The number of halogens is 3. The SMILES string of the molecule is CO.CO.Cc1ccc2c(n1)oc1c(-c3cc(-c4cccc(C(C)C)c4)ccn3)[c-]ccc12.Cc1ccc2c(n1)oc1c(-c3cc(-c4cccc(C(C)C)c4)ccn3)cccc12.O=S(=O)([O-])C(F)(F)F.[Ir].[Ir].[c-]1ccccc1-c1ccccn1.[c-]1ccccc1-c1ccccn1. The van der Waals surface area contributed by atoms with E-state index in [4.69, 9.17) is 32.0 Å². The minimum absolute atomic E-state index is 0. The Labute approximate surface area is 583 Å². The molecule has 14 aromatic rings.